The maximum atomic E-state index is 13.4. The number of aliphatic hydroxyl groups excluding tert-OH is 1. The van der Waals surface area contributed by atoms with Gasteiger partial charge in [0.1, 0.15) is 0 Å². The molecule has 1 heterocycles. The number of esters is 1. The first kappa shape index (κ1) is 24.6. The van der Waals surface area contributed by atoms with Crippen molar-refractivity contribution >= 4 is 26.9 Å². The van der Waals surface area contributed by atoms with Crippen LogP contribution in [0.2, 0.25) is 0 Å². The second-order valence-corrected chi connectivity index (χ2v) is 9.77. The number of sulfonamides is 1. The van der Waals surface area contributed by atoms with E-state index in [1.54, 1.807) is 13.0 Å². The molecule has 1 aromatic heterocycles. The maximum Gasteiger partial charge on any atom is 0.338 e. The number of carbonyl (C=O) groups is 1. The van der Waals surface area contributed by atoms with Gasteiger partial charge in [-0.1, -0.05) is 6.07 Å². The number of rotatable bonds is 9. The van der Waals surface area contributed by atoms with E-state index in [0.717, 1.165) is 16.5 Å². The first-order chi connectivity index (χ1) is 15.7. The highest BCUT2D eigenvalue weighted by Crippen LogP contribution is 2.22. The van der Waals surface area contributed by atoms with Crippen LogP contribution in [-0.2, 0) is 21.3 Å². The predicted molar refractivity (Wildman–Crippen MR) is 126 cm³/mol. The van der Waals surface area contributed by atoms with Crippen LogP contribution in [0.25, 0.3) is 10.9 Å². The minimum Gasteiger partial charge on any atom is -0.462 e. The van der Waals surface area contributed by atoms with Crippen LogP contribution in [0.3, 0.4) is 0 Å². The molecule has 0 unspecified atom stereocenters. The lowest BCUT2D eigenvalue weighted by Gasteiger charge is -2.22. The first-order valence-electron chi connectivity index (χ1n) is 10.7. The summed E-state index contributed by atoms with van der Waals surface area (Å²) in [5.74, 6) is -0.535. The number of aryl methyl sites for hydroxylation is 2. The smallest absolute Gasteiger partial charge is 0.338 e. The molecule has 3 rings (SSSR count). The van der Waals surface area contributed by atoms with Crippen molar-refractivity contribution in [3.8, 4) is 0 Å². The minimum atomic E-state index is -4.00. The Morgan fingerprint density at radius 3 is 2.45 bits per heavy atom. The zero-order valence-electron chi connectivity index (χ0n) is 18.9. The lowest BCUT2D eigenvalue weighted by molar-refractivity contribution is 0.0526. The third-order valence-corrected chi connectivity index (χ3v) is 7.16. The van der Waals surface area contributed by atoms with E-state index in [1.807, 2.05) is 26.0 Å². The van der Waals surface area contributed by atoms with E-state index in [9.17, 15) is 23.1 Å². The molecule has 176 valence electrons. The van der Waals surface area contributed by atoms with Crippen LogP contribution in [0.4, 0.5) is 0 Å². The van der Waals surface area contributed by atoms with Gasteiger partial charge in [0.25, 0.3) is 5.56 Å². The Morgan fingerprint density at radius 1 is 1.12 bits per heavy atom. The molecule has 33 heavy (non-hydrogen) atoms. The average molecular weight is 473 g/mol. The number of nitrogens with one attached hydrogen (secondary N) is 1. The standard InChI is InChI=1S/C24H28N2O6S/c1-4-32-24(29)18-6-8-20(9-7-18)33(30,31)26(10-5-11-27)15-19-14-21-17(3)12-16(2)13-22(21)25-23(19)28/h6-9,12-14,27H,4-5,10-11,15H2,1-3H3,(H,25,28). The monoisotopic (exact) mass is 472 g/mol. The van der Waals surface area contributed by atoms with Crippen molar-refractivity contribution in [2.24, 2.45) is 0 Å². The van der Waals surface area contributed by atoms with Gasteiger partial charge in [-0.2, -0.15) is 4.31 Å². The molecule has 2 aromatic carbocycles. The second-order valence-electron chi connectivity index (χ2n) is 7.83. The number of pyridine rings is 1. The minimum absolute atomic E-state index is 0.0162. The molecule has 0 amide bonds. The summed E-state index contributed by atoms with van der Waals surface area (Å²) in [6.45, 7) is 5.46. The number of aromatic nitrogens is 1. The zero-order chi connectivity index (χ0) is 24.2. The summed E-state index contributed by atoms with van der Waals surface area (Å²) in [6, 6.07) is 11.0. The van der Waals surface area contributed by atoms with Crippen LogP contribution in [0, 0.1) is 13.8 Å². The Bertz CT molecular complexity index is 1310. The van der Waals surface area contributed by atoms with Gasteiger partial charge in [-0.15, -0.1) is 0 Å². The van der Waals surface area contributed by atoms with Gasteiger partial charge in [0.2, 0.25) is 10.0 Å². The van der Waals surface area contributed by atoms with Gasteiger partial charge in [-0.05, 0) is 74.7 Å². The van der Waals surface area contributed by atoms with Gasteiger partial charge in [-0.3, -0.25) is 4.79 Å². The van der Waals surface area contributed by atoms with Gasteiger partial charge < -0.3 is 14.8 Å². The van der Waals surface area contributed by atoms with Crippen LogP contribution in [-0.4, -0.2) is 48.5 Å². The van der Waals surface area contributed by atoms with Crippen molar-refractivity contribution in [2.75, 3.05) is 19.8 Å². The fourth-order valence-corrected chi connectivity index (χ4v) is 5.14. The van der Waals surface area contributed by atoms with Crippen molar-refractivity contribution in [2.45, 2.75) is 38.6 Å². The van der Waals surface area contributed by atoms with Gasteiger partial charge >= 0.3 is 5.97 Å². The summed E-state index contributed by atoms with van der Waals surface area (Å²) in [7, 11) is -4.00. The van der Waals surface area contributed by atoms with Gasteiger partial charge in [-0.25, -0.2) is 13.2 Å². The molecule has 8 nitrogen and oxygen atoms in total. The van der Waals surface area contributed by atoms with E-state index < -0.39 is 16.0 Å². The molecule has 0 aliphatic heterocycles. The van der Waals surface area contributed by atoms with Gasteiger partial charge in [0.15, 0.2) is 0 Å². The number of nitrogens with zero attached hydrogens (tertiary/aromatic N) is 1. The topological polar surface area (TPSA) is 117 Å². The van der Waals surface area contributed by atoms with Crippen molar-refractivity contribution in [1.29, 1.82) is 0 Å². The highest BCUT2D eigenvalue weighted by atomic mass is 32.2. The third kappa shape index (κ3) is 5.50. The van der Waals surface area contributed by atoms with E-state index in [4.69, 9.17) is 4.74 Å². The summed E-state index contributed by atoms with van der Waals surface area (Å²) in [5, 5.41) is 10.1. The van der Waals surface area contributed by atoms with Crippen molar-refractivity contribution < 1.29 is 23.1 Å². The fraction of sp³-hybridized carbons (Fsp3) is 0.333. The highest BCUT2D eigenvalue weighted by Gasteiger charge is 2.26. The summed E-state index contributed by atoms with van der Waals surface area (Å²) in [5.41, 5.74) is 2.87. The average Bonchev–Trinajstić information content (AvgIpc) is 2.77. The third-order valence-electron chi connectivity index (χ3n) is 5.31. The molecule has 0 aliphatic carbocycles. The normalized spacial score (nSPS) is 11.8. The number of H-pyrrole nitrogens is 1. The Morgan fingerprint density at radius 2 is 1.82 bits per heavy atom. The largest absolute Gasteiger partial charge is 0.462 e. The molecule has 0 radical (unpaired) electrons. The second kappa shape index (κ2) is 10.3. The number of benzene rings is 2. The molecule has 3 aromatic rings. The molecule has 0 saturated carbocycles. The van der Waals surface area contributed by atoms with E-state index in [-0.39, 0.29) is 48.7 Å². The van der Waals surface area contributed by atoms with Crippen LogP contribution in [0.1, 0.15) is 40.4 Å². The molecular formula is C24H28N2O6S. The van der Waals surface area contributed by atoms with E-state index in [2.05, 4.69) is 4.98 Å². The molecule has 0 spiro atoms. The van der Waals surface area contributed by atoms with E-state index >= 15 is 0 Å². The Kier molecular flexibility index (Phi) is 7.68. The Hall–Kier alpha value is -3.01. The van der Waals surface area contributed by atoms with Gasteiger partial charge in [0, 0.05) is 36.2 Å². The molecule has 9 heteroatoms. The first-order valence-corrected chi connectivity index (χ1v) is 12.1. The number of ether oxygens (including phenoxy) is 1. The Labute approximate surface area is 192 Å². The molecule has 0 fully saturated rings. The molecule has 2 N–H and O–H groups in total. The molecule has 0 atom stereocenters. The van der Waals surface area contributed by atoms with Crippen molar-refractivity contribution in [3.05, 3.63) is 75.1 Å². The van der Waals surface area contributed by atoms with E-state index in [1.165, 1.54) is 28.6 Å². The highest BCUT2D eigenvalue weighted by molar-refractivity contribution is 7.89. The summed E-state index contributed by atoms with van der Waals surface area (Å²) in [4.78, 5) is 27.4. The quantitative estimate of drug-likeness (QED) is 0.463. The van der Waals surface area contributed by atoms with Gasteiger partial charge in [0.05, 0.1) is 17.1 Å². The van der Waals surface area contributed by atoms with Crippen molar-refractivity contribution in [3.63, 3.8) is 0 Å². The SMILES string of the molecule is CCOC(=O)c1ccc(S(=O)(=O)N(CCCO)Cc2cc3c(C)cc(C)cc3[nH]c2=O)cc1. The number of aliphatic hydroxyl groups is 1. The lowest BCUT2D eigenvalue weighted by Crippen LogP contribution is -2.34. The van der Waals surface area contributed by atoms with Crippen molar-refractivity contribution in [1.82, 2.24) is 9.29 Å². The molecule has 0 saturated heterocycles. The number of hydrogen-bond donors (Lipinski definition) is 2. The molecular weight excluding hydrogens is 444 g/mol. The maximum absolute atomic E-state index is 13.4. The zero-order valence-corrected chi connectivity index (χ0v) is 19.7. The van der Waals surface area contributed by atoms with Crippen LogP contribution in [0.15, 0.2) is 52.2 Å². The number of carbonyl (C=O) groups excluding carboxylic acids is 1. The predicted octanol–water partition coefficient (Wildman–Crippen LogP) is 2.89. The number of hydrogen-bond acceptors (Lipinski definition) is 6. The molecule has 0 bridgehead atoms. The number of fused-ring (bicyclic) bond motifs is 1. The summed E-state index contributed by atoms with van der Waals surface area (Å²) >= 11 is 0. The van der Waals surface area contributed by atoms with E-state index in [0.29, 0.717) is 11.1 Å². The lowest BCUT2D eigenvalue weighted by atomic mass is 10.0. The fourth-order valence-electron chi connectivity index (χ4n) is 3.68. The summed E-state index contributed by atoms with van der Waals surface area (Å²) in [6.07, 6.45) is 0.212. The summed E-state index contributed by atoms with van der Waals surface area (Å²) < 4.78 is 32.8. The van der Waals surface area contributed by atoms with Crippen LogP contribution in [0.5, 0.6) is 0 Å². The molecule has 0 aliphatic rings. The van der Waals surface area contributed by atoms with Crippen LogP contribution < -0.4 is 5.56 Å². The Balaban J connectivity index is 1.97. The van der Waals surface area contributed by atoms with Crippen LogP contribution >= 0.6 is 0 Å². The number of aromatic amines is 1.